The van der Waals surface area contributed by atoms with Crippen LogP contribution in [-0.2, 0) is 0 Å². The van der Waals surface area contributed by atoms with Gasteiger partial charge in [-0.1, -0.05) is 12.1 Å². The molecule has 0 aliphatic rings. The summed E-state index contributed by atoms with van der Waals surface area (Å²) in [6, 6.07) is 2.00. The molecule has 1 atom stereocenters. The third-order valence-electron chi connectivity index (χ3n) is 1.70. The van der Waals surface area contributed by atoms with E-state index in [2.05, 4.69) is 0 Å². The summed E-state index contributed by atoms with van der Waals surface area (Å²) < 4.78 is 49.2. The minimum atomic E-state index is -4.49. The van der Waals surface area contributed by atoms with E-state index in [1.165, 1.54) is 0 Å². The molecule has 0 aliphatic carbocycles. The average molecular weight is 208 g/mol. The summed E-state index contributed by atoms with van der Waals surface area (Å²) in [5.74, 6) is 4.17. The molecular weight excluding hydrogens is 200 g/mol. The maximum absolute atomic E-state index is 12.4. The third kappa shape index (κ3) is 2.43. The highest BCUT2D eigenvalue weighted by Gasteiger charge is 2.39. The summed E-state index contributed by atoms with van der Waals surface area (Å²) in [6.45, 7) is 0. The Labute approximate surface area is 77.7 Å². The number of halogens is 4. The smallest absolute Gasteiger partial charge is 0.271 e. The predicted molar refractivity (Wildman–Crippen MR) is 42.5 cm³/mol. The lowest BCUT2D eigenvalue weighted by molar-refractivity contribution is -0.157. The van der Waals surface area contributed by atoms with Crippen LogP contribution in [0.15, 0.2) is 24.3 Å². The van der Waals surface area contributed by atoms with Gasteiger partial charge in [-0.25, -0.2) is 9.82 Å². The first-order chi connectivity index (χ1) is 6.45. The zero-order chi connectivity index (χ0) is 10.8. The monoisotopic (exact) mass is 208 g/mol. The quantitative estimate of drug-likeness (QED) is 0.442. The van der Waals surface area contributed by atoms with Crippen LogP contribution in [0.25, 0.3) is 0 Å². The van der Waals surface area contributed by atoms with Gasteiger partial charge in [0.1, 0.15) is 11.9 Å². The van der Waals surface area contributed by atoms with Crippen molar-refractivity contribution >= 4 is 0 Å². The Kier molecular flexibility index (Phi) is 3.07. The molecule has 2 nitrogen and oxygen atoms in total. The number of hydrogen-bond acceptors (Lipinski definition) is 2. The number of nitrogens with two attached hydrogens (primary N) is 1. The number of hydrogen-bond donors (Lipinski definition) is 2. The lowest BCUT2D eigenvalue weighted by atomic mass is 10.1. The predicted octanol–water partition coefficient (Wildman–Crippen LogP) is 1.89. The van der Waals surface area contributed by atoms with Crippen LogP contribution in [0.1, 0.15) is 11.6 Å². The molecule has 14 heavy (non-hydrogen) atoms. The standard InChI is InChI=1S/C8H8F4N2/c9-6-3-1-5(2-4-6)7(14-13)8(10,11)12/h1-4,7,14H,13H2/t7-/m0/s1. The topological polar surface area (TPSA) is 38.0 Å². The highest BCUT2D eigenvalue weighted by molar-refractivity contribution is 5.21. The summed E-state index contributed by atoms with van der Waals surface area (Å²) in [5.41, 5.74) is 1.51. The number of nitrogens with one attached hydrogen (secondary N) is 1. The number of benzene rings is 1. The van der Waals surface area contributed by atoms with Crippen LogP contribution in [0.5, 0.6) is 0 Å². The molecule has 0 unspecified atom stereocenters. The highest BCUT2D eigenvalue weighted by Crippen LogP contribution is 2.31. The molecule has 3 N–H and O–H groups in total. The van der Waals surface area contributed by atoms with Crippen LogP contribution < -0.4 is 11.3 Å². The molecule has 0 aliphatic heterocycles. The summed E-state index contributed by atoms with van der Waals surface area (Å²) in [4.78, 5) is 0. The van der Waals surface area contributed by atoms with Gasteiger partial charge < -0.3 is 0 Å². The van der Waals surface area contributed by atoms with E-state index in [-0.39, 0.29) is 5.56 Å². The van der Waals surface area contributed by atoms with Crippen molar-refractivity contribution in [2.75, 3.05) is 0 Å². The van der Waals surface area contributed by atoms with Crippen molar-refractivity contribution in [2.45, 2.75) is 12.2 Å². The third-order valence-corrected chi connectivity index (χ3v) is 1.70. The van der Waals surface area contributed by atoms with Crippen molar-refractivity contribution in [3.05, 3.63) is 35.6 Å². The number of rotatable bonds is 2. The van der Waals surface area contributed by atoms with E-state index < -0.39 is 18.0 Å². The molecule has 6 heteroatoms. The second-order valence-corrected chi connectivity index (χ2v) is 2.69. The van der Waals surface area contributed by atoms with E-state index in [1.54, 1.807) is 5.43 Å². The molecule has 0 saturated heterocycles. The van der Waals surface area contributed by atoms with Gasteiger partial charge in [0.15, 0.2) is 0 Å². The first kappa shape index (κ1) is 10.9. The van der Waals surface area contributed by atoms with Crippen molar-refractivity contribution < 1.29 is 17.6 Å². The Morgan fingerprint density at radius 1 is 1.14 bits per heavy atom. The average Bonchev–Trinajstić information content (AvgIpc) is 2.07. The minimum absolute atomic E-state index is 0.124. The normalized spacial score (nSPS) is 14.1. The van der Waals surface area contributed by atoms with Gasteiger partial charge in [-0.05, 0) is 17.7 Å². The van der Waals surface area contributed by atoms with Gasteiger partial charge in [-0.3, -0.25) is 5.84 Å². The molecule has 0 amide bonds. The van der Waals surface area contributed by atoms with E-state index in [9.17, 15) is 17.6 Å². The van der Waals surface area contributed by atoms with Gasteiger partial charge in [-0.2, -0.15) is 13.2 Å². The minimum Gasteiger partial charge on any atom is -0.271 e. The van der Waals surface area contributed by atoms with Gasteiger partial charge in [0, 0.05) is 0 Å². The Balaban J connectivity index is 2.96. The fourth-order valence-electron chi connectivity index (χ4n) is 1.03. The van der Waals surface area contributed by atoms with E-state index in [4.69, 9.17) is 5.84 Å². The Bertz CT molecular complexity index is 293. The number of hydrazine groups is 1. The van der Waals surface area contributed by atoms with Crippen molar-refractivity contribution in [3.63, 3.8) is 0 Å². The lowest BCUT2D eigenvalue weighted by Crippen LogP contribution is -2.38. The molecule has 0 bridgehead atoms. The first-order valence-corrected chi connectivity index (χ1v) is 3.73. The van der Waals surface area contributed by atoms with E-state index in [0.717, 1.165) is 24.3 Å². The molecule has 0 heterocycles. The van der Waals surface area contributed by atoms with Crippen LogP contribution in [0, 0.1) is 5.82 Å². The Morgan fingerprint density at radius 2 is 1.64 bits per heavy atom. The maximum atomic E-state index is 12.4. The zero-order valence-electron chi connectivity index (χ0n) is 6.98. The molecule has 0 radical (unpaired) electrons. The SMILES string of the molecule is NN[C@@H](c1ccc(F)cc1)C(F)(F)F. The molecule has 0 saturated carbocycles. The summed E-state index contributed by atoms with van der Waals surface area (Å²) >= 11 is 0. The maximum Gasteiger partial charge on any atom is 0.409 e. The van der Waals surface area contributed by atoms with E-state index >= 15 is 0 Å². The van der Waals surface area contributed by atoms with Gasteiger partial charge in [0.25, 0.3) is 0 Å². The highest BCUT2D eigenvalue weighted by atomic mass is 19.4. The zero-order valence-corrected chi connectivity index (χ0v) is 6.98. The first-order valence-electron chi connectivity index (χ1n) is 3.73. The fourth-order valence-corrected chi connectivity index (χ4v) is 1.03. The van der Waals surface area contributed by atoms with Crippen molar-refractivity contribution in [2.24, 2.45) is 5.84 Å². The molecule has 78 valence electrons. The van der Waals surface area contributed by atoms with Gasteiger partial charge in [0.2, 0.25) is 0 Å². The molecule has 1 aromatic rings. The van der Waals surface area contributed by atoms with Crippen LogP contribution >= 0.6 is 0 Å². The van der Waals surface area contributed by atoms with Gasteiger partial charge >= 0.3 is 6.18 Å². The second-order valence-electron chi connectivity index (χ2n) is 2.69. The van der Waals surface area contributed by atoms with Crippen molar-refractivity contribution in [1.29, 1.82) is 0 Å². The molecule has 0 spiro atoms. The lowest BCUT2D eigenvalue weighted by Gasteiger charge is -2.19. The van der Waals surface area contributed by atoms with E-state index in [1.807, 2.05) is 0 Å². The Hall–Kier alpha value is -1.14. The van der Waals surface area contributed by atoms with Crippen LogP contribution in [0.3, 0.4) is 0 Å². The summed E-state index contributed by atoms with van der Waals surface area (Å²) in [7, 11) is 0. The summed E-state index contributed by atoms with van der Waals surface area (Å²) in [5, 5.41) is 0. The molecule has 0 aromatic heterocycles. The van der Waals surface area contributed by atoms with Crippen molar-refractivity contribution in [3.8, 4) is 0 Å². The number of alkyl halides is 3. The van der Waals surface area contributed by atoms with Crippen molar-refractivity contribution in [1.82, 2.24) is 5.43 Å². The van der Waals surface area contributed by atoms with Gasteiger partial charge in [0.05, 0.1) is 0 Å². The summed E-state index contributed by atoms with van der Waals surface area (Å²) in [6.07, 6.45) is -4.49. The molecular formula is C8H8F4N2. The largest absolute Gasteiger partial charge is 0.409 e. The molecule has 0 fully saturated rings. The Morgan fingerprint density at radius 3 is 2.00 bits per heavy atom. The van der Waals surface area contributed by atoms with Crippen LogP contribution in [-0.4, -0.2) is 6.18 Å². The van der Waals surface area contributed by atoms with E-state index in [0.29, 0.717) is 0 Å². The van der Waals surface area contributed by atoms with Crippen LogP contribution in [0.2, 0.25) is 0 Å². The van der Waals surface area contributed by atoms with Crippen LogP contribution in [0.4, 0.5) is 17.6 Å². The fraction of sp³-hybridized carbons (Fsp3) is 0.250. The molecule has 1 rings (SSSR count). The molecule has 1 aromatic carbocycles. The second kappa shape index (κ2) is 3.93. The van der Waals surface area contributed by atoms with Gasteiger partial charge in [-0.15, -0.1) is 0 Å².